The molecule has 0 radical (unpaired) electrons. The molecule has 1 N–H and O–H groups in total. The summed E-state index contributed by atoms with van der Waals surface area (Å²) in [5.74, 6) is -0.692. The molecule has 1 amide bonds. The molecule has 0 aliphatic carbocycles. The number of methoxy groups -OCH3 is 1. The minimum absolute atomic E-state index is 0.228. The summed E-state index contributed by atoms with van der Waals surface area (Å²) in [4.78, 5) is 24.3. The Morgan fingerprint density at radius 2 is 1.74 bits per heavy atom. The number of furan rings is 1. The zero-order chi connectivity index (χ0) is 16.4. The van der Waals surface area contributed by atoms with E-state index in [0.29, 0.717) is 11.3 Å². The normalized spacial score (nSPS) is 10.5. The summed E-state index contributed by atoms with van der Waals surface area (Å²) in [5.41, 5.74) is 2.08. The summed E-state index contributed by atoms with van der Waals surface area (Å²) >= 11 is 0. The van der Waals surface area contributed by atoms with Crippen LogP contribution < -0.4 is 5.32 Å². The lowest BCUT2D eigenvalue weighted by molar-refractivity contribution is 0.0602. The monoisotopic (exact) mass is 309 g/mol. The molecule has 0 spiro atoms. The van der Waals surface area contributed by atoms with Crippen LogP contribution in [0, 0.1) is 6.92 Å². The lowest BCUT2D eigenvalue weighted by Crippen LogP contribution is -2.15. The minimum Gasteiger partial charge on any atom is -0.465 e. The highest BCUT2D eigenvalue weighted by molar-refractivity contribution is 6.09. The van der Waals surface area contributed by atoms with E-state index in [1.165, 1.54) is 7.11 Å². The summed E-state index contributed by atoms with van der Waals surface area (Å²) in [5, 5.41) is 3.60. The van der Waals surface area contributed by atoms with Gasteiger partial charge in [0.1, 0.15) is 5.58 Å². The number of ether oxygens (including phenoxy) is 1. The average molecular weight is 309 g/mol. The Labute approximate surface area is 132 Å². The number of amides is 1. The summed E-state index contributed by atoms with van der Waals surface area (Å²) in [6.07, 6.45) is 0. The molecule has 0 unspecified atom stereocenters. The first-order chi connectivity index (χ1) is 11.1. The van der Waals surface area contributed by atoms with Crippen LogP contribution in [-0.4, -0.2) is 19.0 Å². The predicted molar refractivity (Wildman–Crippen MR) is 86.7 cm³/mol. The Morgan fingerprint density at radius 3 is 2.48 bits per heavy atom. The molecule has 5 heteroatoms. The number of anilines is 1. The van der Waals surface area contributed by atoms with Crippen molar-refractivity contribution in [1.29, 1.82) is 0 Å². The molecule has 1 aromatic heterocycles. The van der Waals surface area contributed by atoms with Crippen molar-refractivity contribution in [2.75, 3.05) is 12.4 Å². The first kappa shape index (κ1) is 14.8. The second kappa shape index (κ2) is 5.96. The van der Waals surface area contributed by atoms with Gasteiger partial charge in [0.2, 0.25) is 0 Å². The highest BCUT2D eigenvalue weighted by atomic mass is 16.5. The maximum Gasteiger partial charge on any atom is 0.339 e. The molecule has 23 heavy (non-hydrogen) atoms. The number of benzene rings is 2. The fourth-order valence-electron chi connectivity index (χ4n) is 2.45. The van der Waals surface area contributed by atoms with Crippen molar-refractivity contribution >= 4 is 28.5 Å². The zero-order valence-corrected chi connectivity index (χ0v) is 12.8. The van der Waals surface area contributed by atoms with E-state index in [1.54, 1.807) is 24.3 Å². The van der Waals surface area contributed by atoms with Crippen LogP contribution in [0.5, 0.6) is 0 Å². The molecule has 0 fully saturated rings. The number of carbonyl (C=O) groups is 2. The van der Waals surface area contributed by atoms with E-state index in [1.807, 2.05) is 31.2 Å². The molecule has 0 saturated carbocycles. The Kier molecular flexibility index (Phi) is 3.85. The summed E-state index contributed by atoms with van der Waals surface area (Å²) in [6, 6.07) is 14.1. The topological polar surface area (TPSA) is 68.5 Å². The van der Waals surface area contributed by atoms with E-state index >= 15 is 0 Å². The van der Waals surface area contributed by atoms with Gasteiger partial charge in [-0.3, -0.25) is 4.79 Å². The molecular weight excluding hydrogens is 294 g/mol. The zero-order valence-electron chi connectivity index (χ0n) is 12.8. The third kappa shape index (κ3) is 2.68. The number of hydrogen-bond acceptors (Lipinski definition) is 4. The van der Waals surface area contributed by atoms with E-state index < -0.39 is 11.9 Å². The fraction of sp³-hybridized carbons (Fsp3) is 0.111. The van der Waals surface area contributed by atoms with Crippen LogP contribution in [0.2, 0.25) is 0 Å². The highest BCUT2D eigenvalue weighted by Crippen LogP contribution is 2.26. The first-order valence-electron chi connectivity index (χ1n) is 7.08. The smallest absolute Gasteiger partial charge is 0.339 e. The lowest BCUT2D eigenvalue weighted by Gasteiger charge is -2.08. The van der Waals surface area contributed by atoms with Crippen LogP contribution in [0.4, 0.5) is 5.69 Å². The van der Waals surface area contributed by atoms with Gasteiger partial charge in [0.15, 0.2) is 5.76 Å². The van der Waals surface area contributed by atoms with E-state index in [4.69, 9.17) is 9.15 Å². The Balaban J connectivity index is 1.96. The van der Waals surface area contributed by atoms with E-state index in [9.17, 15) is 9.59 Å². The number of fused-ring (bicyclic) bond motifs is 1. The predicted octanol–water partition coefficient (Wildman–Crippen LogP) is 3.78. The highest BCUT2D eigenvalue weighted by Gasteiger charge is 2.20. The van der Waals surface area contributed by atoms with Crippen molar-refractivity contribution in [3.05, 3.63) is 65.4 Å². The molecule has 5 nitrogen and oxygen atoms in total. The maximum atomic E-state index is 12.5. The third-order valence-electron chi connectivity index (χ3n) is 3.63. The molecule has 0 aliphatic rings. The molecule has 0 aliphatic heterocycles. The number of hydrogen-bond donors (Lipinski definition) is 1. The van der Waals surface area contributed by atoms with Crippen molar-refractivity contribution in [3.8, 4) is 0 Å². The second-order valence-corrected chi connectivity index (χ2v) is 5.04. The third-order valence-corrected chi connectivity index (χ3v) is 3.63. The Morgan fingerprint density at radius 1 is 1.04 bits per heavy atom. The van der Waals surface area contributed by atoms with Crippen LogP contribution in [-0.2, 0) is 4.74 Å². The largest absolute Gasteiger partial charge is 0.465 e. The lowest BCUT2D eigenvalue weighted by atomic mass is 10.1. The summed E-state index contributed by atoms with van der Waals surface area (Å²) < 4.78 is 10.4. The van der Waals surface area contributed by atoms with Crippen LogP contribution in [0.15, 0.2) is 52.9 Å². The number of carbonyl (C=O) groups excluding carboxylic acids is 2. The quantitative estimate of drug-likeness (QED) is 0.748. The van der Waals surface area contributed by atoms with Gasteiger partial charge in [-0.1, -0.05) is 30.3 Å². The standard InChI is InChI=1S/C18H15NO4/c1-11-12-7-4-6-10-15(12)23-16(11)17(20)19-14-9-5-3-8-13(14)18(21)22-2/h3-10H,1-2H3,(H,19,20). The number of aryl methyl sites for hydroxylation is 1. The molecule has 116 valence electrons. The average Bonchev–Trinajstić information content (AvgIpc) is 2.92. The summed E-state index contributed by atoms with van der Waals surface area (Å²) in [6.45, 7) is 1.83. The number of para-hydroxylation sites is 2. The van der Waals surface area contributed by atoms with Gasteiger partial charge in [-0.05, 0) is 25.1 Å². The van der Waals surface area contributed by atoms with Crippen molar-refractivity contribution in [2.24, 2.45) is 0 Å². The van der Waals surface area contributed by atoms with Gasteiger partial charge >= 0.3 is 5.97 Å². The minimum atomic E-state index is -0.512. The molecule has 2 aromatic carbocycles. The van der Waals surface area contributed by atoms with Crippen LogP contribution in [0.25, 0.3) is 11.0 Å². The number of rotatable bonds is 3. The molecular formula is C18H15NO4. The molecule has 1 heterocycles. The first-order valence-corrected chi connectivity index (χ1v) is 7.08. The molecule has 0 saturated heterocycles. The van der Waals surface area contributed by atoms with Crippen LogP contribution >= 0.6 is 0 Å². The van der Waals surface area contributed by atoms with Crippen molar-refractivity contribution in [2.45, 2.75) is 6.92 Å². The van der Waals surface area contributed by atoms with Gasteiger partial charge in [0.05, 0.1) is 18.4 Å². The molecule has 0 atom stereocenters. The van der Waals surface area contributed by atoms with Crippen molar-refractivity contribution in [3.63, 3.8) is 0 Å². The molecule has 0 bridgehead atoms. The van der Waals surface area contributed by atoms with Crippen LogP contribution in [0.3, 0.4) is 0 Å². The SMILES string of the molecule is COC(=O)c1ccccc1NC(=O)c1oc2ccccc2c1C. The van der Waals surface area contributed by atoms with Gasteiger partial charge in [0, 0.05) is 10.9 Å². The van der Waals surface area contributed by atoms with Gasteiger partial charge < -0.3 is 14.5 Å². The van der Waals surface area contributed by atoms with Crippen molar-refractivity contribution in [1.82, 2.24) is 0 Å². The van der Waals surface area contributed by atoms with Crippen molar-refractivity contribution < 1.29 is 18.7 Å². The second-order valence-electron chi connectivity index (χ2n) is 5.04. The molecule has 3 aromatic rings. The van der Waals surface area contributed by atoms with Gasteiger partial charge in [-0.15, -0.1) is 0 Å². The Hall–Kier alpha value is -3.08. The number of esters is 1. The van der Waals surface area contributed by atoms with Gasteiger partial charge in [0.25, 0.3) is 5.91 Å². The van der Waals surface area contributed by atoms with Crippen LogP contribution in [0.1, 0.15) is 26.5 Å². The fourth-order valence-corrected chi connectivity index (χ4v) is 2.45. The Bertz CT molecular complexity index is 895. The number of nitrogens with one attached hydrogen (secondary N) is 1. The van der Waals surface area contributed by atoms with E-state index in [0.717, 1.165) is 10.9 Å². The van der Waals surface area contributed by atoms with Gasteiger partial charge in [-0.2, -0.15) is 0 Å². The summed E-state index contributed by atoms with van der Waals surface area (Å²) in [7, 11) is 1.30. The van der Waals surface area contributed by atoms with E-state index in [-0.39, 0.29) is 11.3 Å². The maximum absolute atomic E-state index is 12.5. The molecule has 3 rings (SSSR count). The van der Waals surface area contributed by atoms with E-state index in [2.05, 4.69) is 5.32 Å². The van der Waals surface area contributed by atoms with Gasteiger partial charge in [-0.25, -0.2) is 4.79 Å².